The normalized spacial score (nSPS) is 10.2. The number of nitrogens with zero attached hydrogens (tertiary/aromatic N) is 5. The first-order chi connectivity index (χ1) is 8.78. The number of aryl methyl sites for hydroxylation is 1. The van der Waals surface area contributed by atoms with Gasteiger partial charge in [-0.25, -0.2) is 4.68 Å². The van der Waals surface area contributed by atoms with E-state index in [1.54, 1.807) is 45.8 Å². The molecule has 0 amide bonds. The molecule has 0 aliphatic carbocycles. The van der Waals surface area contributed by atoms with Gasteiger partial charge < -0.3 is 0 Å². The third-order valence-corrected chi connectivity index (χ3v) is 2.32. The molecule has 0 aromatic carbocycles. The predicted molar refractivity (Wildman–Crippen MR) is 73.8 cm³/mol. The Labute approximate surface area is 111 Å². The maximum Gasteiger partial charge on any atom is 0.203 e. The van der Waals surface area contributed by atoms with E-state index in [-0.39, 0.29) is 0 Å². The fraction of sp³-hybridized carbons (Fsp3) is 0.364. The average molecular weight is 268 g/mol. The fourth-order valence-corrected chi connectivity index (χ4v) is 1.25. The van der Waals surface area contributed by atoms with Gasteiger partial charge in [0.25, 0.3) is 0 Å². The minimum atomic E-state index is 0.343. The van der Waals surface area contributed by atoms with Crippen LogP contribution >= 0.6 is 11.8 Å². The van der Waals surface area contributed by atoms with Crippen molar-refractivity contribution in [2.24, 2.45) is 0 Å². The second kappa shape index (κ2) is 11.7. The molecule has 0 bridgehead atoms. The number of tetrazole rings is 1. The van der Waals surface area contributed by atoms with Crippen molar-refractivity contribution >= 4 is 24.3 Å². The van der Waals surface area contributed by atoms with E-state index in [1.807, 2.05) is 0 Å². The van der Waals surface area contributed by atoms with E-state index in [9.17, 15) is 4.79 Å². The molecule has 0 radical (unpaired) electrons. The van der Waals surface area contributed by atoms with Gasteiger partial charge in [0.1, 0.15) is 6.33 Å². The highest BCUT2D eigenvalue weighted by molar-refractivity contribution is 7.98. The fourth-order valence-electron chi connectivity index (χ4n) is 0.885. The third-order valence-electron chi connectivity index (χ3n) is 1.73. The van der Waals surface area contributed by atoms with Crippen LogP contribution in [0.1, 0.15) is 0 Å². The molecule has 1 aromatic rings. The van der Waals surface area contributed by atoms with E-state index < -0.39 is 0 Å². The van der Waals surface area contributed by atoms with E-state index in [0.29, 0.717) is 6.54 Å². The average Bonchev–Trinajstić information content (AvgIpc) is 2.90. The third kappa shape index (κ3) is 8.40. The molecule has 0 aliphatic heterocycles. The quantitative estimate of drug-likeness (QED) is 0.412. The molecule has 6 nitrogen and oxygen atoms in total. The lowest BCUT2D eigenvalue weighted by molar-refractivity contribution is -0.436. The van der Waals surface area contributed by atoms with Crippen LogP contribution in [-0.2, 0) is 11.3 Å². The highest BCUT2D eigenvalue weighted by Crippen LogP contribution is 1.91. The van der Waals surface area contributed by atoms with Crippen molar-refractivity contribution in [1.82, 2.24) is 20.2 Å². The lowest BCUT2D eigenvalue weighted by Gasteiger charge is -1.92. The number of allylic oxidation sites excluding steroid dienone is 1. The number of thioether (sulfide) groups is 1. The van der Waals surface area contributed by atoms with Gasteiger partial charge in [0.05, 0.1) is 6.54 Å². The molecule has 1 aromatic heterocycles. The van der Waals surface area contributed by atoms with Crippen molar-refractivity contribution in [3.05, 3.63) is 31.8 Å². The number of carbonyl (C=O) groups excluding carboxylic acids is 1. The number of hydrogen-bond acceptors (Lipinski definition) is 5. The molecule has 1 heterocycles. The van der Waals surface area contributed by atoms with Crippen molar-refractivity contribution in [1.29, 1.82) is 0 Å². The standard InChI is InChI=1S/C7H10NO.C4H8N4S/c1-3-5-8(4-2)6-7-9;1-9-3-2-8-4-5-6-7-8/h3-5,7H,1-2,6H2;4H,2-3H2,1H3/q+1;. The smallest absolute Gasteiger partial charge is 0.203 e. The molecule has 98 valence electrons. The van der Waals surface area contributed by atoms with Crippen LogP contribution in [0, 0.1) is 0 Å². The van der Waals surface area contributed by atoms with Gasteiger partial charge in [0, 0.05) is 5.75 Å². The van der Waals surface area contributed by atoms with Gasteiger partial charge in [-0.15, -0.1) is 5.10 Å². The van der Waals surface area contributed by atoms with E-state index in [0.717, 1.165) is 18.6 Å². The molecule has 0 atom stereocenters. The molecule has 7 heteroatoms. The Morgan fingerprint density at radius 3 is 2.72 bits per heavy atom. The summed E-state index contributed by atoms with van der Waals surface area (Å²) < 4.78 is 3.36. The van der Waals surface area contributed by atoms with Gasteiger partial charge in [-0.1, -0.05) is 6.58 Å². The van der Waals surface area contributed by atoms with Crippen LogP contribution in [0.25, 0.3) is 0 Å². The molecule has 0 saturated heterocycles. The van der Waals surface area contributed by atoms with Gasteiger partial charge in [-0.2, -0.15) is 16.3 Å². The second-order valence-corrected chi connectivity index (χ2v) is 3.98. The summed E-state index contributed by atoms with van der Waals surface area (Å²) >= 11 is 1.78. The molecule has 18 heavy (non-hydrogen) atoms. The number of hydrogen-bond donors (Lipinski definition) is 0. The summed E-state index contributed by atoms with van der Waals surface area (Å²) in [6, 6.07) is 0. The molecule has 0 saturated carbocycles. The summed E-state index contributed by atoms with van der Waals surface area (Å²) in [6.07, 6.45) is 9.34. The first-order valence-electron chi connectivity index (χ1n) is 5.26. The van der Waals surface area contributed by atoms with Crippen LogP contribution in [-0.4, -0.2) is 55.8 Å². The molecule has 0 aliphatic rings. The van der Waals surface area contributed by atoms with Crippen molar-refractivity contribution < 1.29 is 9.37 Å². The number of rotatable bonds is 7. The largest absolute Gasteiger partial charge is 0.296 e. The second-order valence-electron chi connectivity index (χ2n) is 3.00. The molecule has 0 unspecified atom stereocenters. The van der Waals surface area contributed by atoms with E-state index in [2.05, 4.69) is 34.9 Å². The maximum atomic E-state index is 9.91. The first kappa shape index (κ1) is 16.2. The van der Waals surface area contributed by atoms with Crippen LogP contribution in [0.3, 0.4) is 0 Å². The molecular weight excluding hydrogens is 250 g/mol. The monoisotopic (exact) mass is 268 g/mol. The van der Waals surface area contributed by atoms with Crippen molar-refractivity contribution in [2.75, 3.05) is 18.6 Å². The van der Waals surface area contributed by atoms with Gasteiger partial charge in [-0.05, 0) is 29.3 Å². The molecule has 0 fully saturated rings. The molecular formula is C11H18N5OS+. The first-order valence-corrected chi connectivity index (χ1v) is 6.65. The Morgan fingerprint density at radius 2 is 2.28 bits per heavy atom. The van der Waals surface area contributed by atoms with Crippen LogP contribution in [0.2, 0.25) is 0 Å². The zero-order valence-corrected chi connectivity index (χ0v) is 11.3. The van der Waals surface area contributed by atoms with Crippen molar-refractivity contribution in [3.63, 3.8) is 0 Å². The lowest BCUT2D eigenvalue weighted by Crippen LogP contribution is -2.06. The van der Waals surface area contributed by atoms with E-state index >= 15 is 0 Å². The molecule has 0 N–H and O–H groups in total. The highest BCUT2D eigenvalue weighted by atomic mass is 32.2. The van der Waals surface area contributed by atoms with Crippen LogP contribution in [0.4, 0.5) is 0 Å². The Bertz CT molecular complexity index is 375. The zero-order valence-electron chi connectivity index (χ0n) is 10.5. The van der Waals surface area contributed by atoms with E-state index in [4.69, 9.17) is 0 Å². The minimum Gasteiger partial charge on any atom is -0.296 e. The Morgan fingerprint density at radius 1 is 1.50 bits per heavy atom. The summed E-state index contributed by atoms with van der Waals surface area (Å²) in [5.74, 6) is 1.06. The van der Waals surface area contributed by atoms with E-state index in [1.165, 1.54) is 0 Å². The maximum absolute atomic E-state index is 9.91. The van der Waals surface area contributed by atoms with Crippen LogP contribution < -0.4 is 0 Å². The van der Waals surface area contributed by atoms with Crippen LogP contribution in [0.5, 0.6) is 0 Å². The summed E-state index contributed by atoms with van der Waals surface area (Å²) in [5, 5.41) is 10.7. The topological polar surface area (TPSA) is 63.7 Å². The van der Waals surface area contributed by atoms with Gasteiger partial charge >= 0.3 is 0 Å². The molecule has 0 spiro atoms. The number of aldehydes is 1. The summed E-state index contributed by atoms with van der Waals surface area (Å²) in [4.78, 5) is 9.91. The van der Waals surface area contributed by atoms with Crippen molar-refractivity contribution in [3.8, 4) is 0 Å². The van der Waals surface area contributed by atoms with Gasteiger partial charge in [0.2, 0.25) is 6.54 Å². The number of carbonyl (C=O) groups is 1. The lowest BCUT2D eigenvalue weighted by atomic mass is 10.6. The summed E-state index contributed by atoms with van der Waals surface area (Å²) in [5.41, 5.74) is 0. The predicted octanol–water partition coefficient (Wildman–Crippen LogP) is 0.634. The number of aromatic nitrogens is 4. The minimum absolute atomic E-state index is 0.343. The molecule has 1 rings (SSSR count). The van der Waals surface area contributed by atoms with Crippen molar-refractivity contribution in [2.45, 2.75) is 6.54 Å². The Hall–Kier alpha value is -1.76. The van der Waals surface area contributed by atoms with Gasteiger partial charge in [0.15, 0.2) is 18.7 Å². The van der Waals surface area contributed by atoms with Gasteiger partial charge in [-0.3, -0.25) is 4.79 Å². The zero-order chi connectivity index (χ0) is 13.6. The summed E-state index contributed by atoms with van der Waals surface area (Å²) in [7, 11) is 0. The summed E-state index contributed by atoms with van der Waals surface area (Å²) in [6.45, 7) is 8.20. The highest BCUT2D eigenvalue weighted by Gasteiger charge is 1.90. The SMILES string of the molecule is C=CC=[N+](C=C)CC=O.CSCCn1cnnn1. The Kier molecular flexibility index (Phi) is 10.6. The Balaban J connectivity index is 0.000000321. The van der Waals surface area contributed by atoms with Crippen LogP contribution in [0.15, 0.2) is 31.8 Å².